The quantitative estimate of drug-likeness (QED) is 0.0320. The minimum atomic E-state index is -0.660. The Labute approximate surface area is 476 Å². The summed E-state index contributed by atoms with van der Waals surface area (Å²) in [5.74, 6) is -0.00925. The number of allylic oxidation sites excluding steroid dienone is 2. The highest BCUT2D eigenvalue weighted by Gasteiger charge is 2.20. The molecular weight excluding hydrogens is 935 g/mol. The molecule has 0 saturated heterocycles. The van der Waals surface area contributed by atoms with Crippen molar-refractivity contribution < 1.29 is 24.5 Å². The molecule has 0 fully saturated rings. The smallest absolute Gasteiger partial charge is 0.305 e. The van der Waals surface area contributed by atoms with Crippen LogP contribution in [-0.2, 0) is 14.3 Å². The van der Waals surface area contributed by atoms with E-state index in [4.69, 9.17) is 4.74 Å². The van der Waals surface area contributed by atoms with E-state index in [-0.39, 0.29) is 18.5 Å². The zero-order valence-corrected chi connectivity index (χ0v) is 51.8. The van der Waals surface area contributed by atoms with Crippen LogP contribution in [-0.4, -0.2) is 47.4 Å². The molecule has 0 aliphatic rings. The van der Waals surface area contributed by atoms with Crippen LogP contribution in [0.15, 0.2) is 12.2 Å². The molecule has 2 atom stereocenters. The fourth-order valence-corrected chi connectivity index (χ4v) is 11.2. The van der Waals surface area contributed by atoms with Crippen molar-refractivity contribution in [2.45, 2.75) is 411 Å². The van der Waals surface area contributed by atoms with Crippen LogP contribution in [0.1, 0.15) is 399 Å². The lowest BCUT2D eigenvalue weighted by molar-refractivity contribution is -0.143. The van der Waals surface area contributed by atoms with E-state index in [1.807, 2.05) is 0 Å². The molecule has 1 amide bonds. The van der Waals surface area contributed by atoms with E-state index in [2.05, 4.69) is 31.3 Å². The second-order valence-electron chi connectivity index (χ2n) is 24.2. The van der Waals surface area contributed by atoms with Gasteiger partial charge in [0.1, 0.15) is 0 Å². The van der Waals surface area contributed by atoms with Crippen molar-refractivity contribution in [2.24, 2.45) is 0 Å². The first-order chi connectivity index (χ1) is 37.5. The monoisotopic (exact) mass is 1070 g/mol. The van der Waals surface area contributed by atoms with Gasteiger partial charge in [0.2, 0.25) is 5.91 Å². The van der Waals surface area contributed by atoms with E-state index in [9.17, 15) is 19.8 Å². The molecule has 0 saturated carbocycles. The predicted molar refractivity (Wildman–Crippen MR) is 333 cm³/mol. The molecule has 6 nitrogen and oxygen atoms in total. The van der Waals surface area contributed by atoms with Crippen LogP contribution in [0.2, 0.25) is 0 Å². The van der Waals surface area contributed by atoms with Crippen LogP contribution in [0.4, 0.5) is 0 Å². The van der Waals surface area contributed by atoms with Crippen molar-refractivity contribution in [2.75, 3.05) is 13.2 Å². The molecule has 0 bridgehead atoms. The Hall–Kier alpha value is -1.40. The molecule has 3 N–H and O–H groups in total. The summed E-state index contributed by atoms with van der Waals surface area (Å²) in [6.07, 6.45) is 81.3. The zero-order valence-electron chi connectivity index (χ0n) is 51.8. The molecule has 0 aliphatic heterocycles. The summed E-state index contributed by atoms with van der Waals surface area (Å²) in [6, 6.07) is -0.538. The molecule has 0 aliphatic carbocycles. The lowest BCUT2D eigenvalue weighted by atomic mass is 10.0. The third-order valence-electron chi connectivity index (χ3n) is 16.6. The van der Waals surface area contributed by atoms with E-state index in [1.165, 1.54) is 327 Å². The van der Waals surface area contributed by atoms with Gasteiger partial charge < -0.3 is 20.3 Å². The Balaban J connectivity index is 3.32. The standard InChI is InChI=1S/C70H137NO5/c1-3-5-7-9-11-13-15-16-17-33-37-40-44-48-52-56-60-64-70(75)76-65-61-57-53-49-45-41-38-35-32-30-28-26-24-22-20-18-19-21-23-25-27-29-31-34-36-39-43-47-51-55-59-63-69(74)71-67(66-72)68(73)62-58-54-50-46-42-14-12-10-8-6-4-2/h20,22,67-68,72-73H,3-19,21,23-66H2,1-2H3,(H,71,74)/b22-20-. The minimum Gasteiger partial charge on any atom is -0.466 e. The van der Waals surface area contributed by atoms with Gasteiger partial charge in [-0.1, -0.05) is 347 Å². The van der Waals surface area contributed by atoms with Gasteiger partial charge in [0.05, 0.1) is 25.4 Å². The van der Waals surface area contributed by atoms with E-state index >= 15 is 0 Å². The van der Waals surface area contributed by atoms with Gasteiger partial charge in [-0.15, -0.1) is 0 Å². The number of unbranched alkanes of at least 4 members (excludes halogenated alkanes) is 53. The highest BCUT2D eigenvalue weighted by Crippen LogP contribution is 2.19. The van der Waals surface area contributed by atoms with E-state index in [0.717, 1.165) is 38.5 Å². The summed E-state index contributed by atoms with van der Waals surface area (Å²) in [5.41, 5.74) is 0. The molecule has 0 aromatic carbocycles. The summed E-state index contributed by atoms with van der Waals surface area (Å²) in [6.45, 7) is 4.98. The topological polar surface area (TPSA) is 95.9 Å². The van der Waals surface area contributed by atoms with E-state index < -0.39 is 12.1 Å². The predicted octanol–water partition coefficient (Wildman–Crippen LogP) is 22.4. The highest BCUT2D eigenvalue weighted by molar-refractivity contribution is 5.76. The maximum atomic E-state index is 12.5. The van der Waals surface area contributed by atoms with Crippen molar-refractivity contribution >= 4 is 11.9 Å². The van der Waals surface area contributed by atoms with Crippen molar-refractivity contribution in [3.8, 4) is 0 Å². The normalized spacial score (nSPS) is 12.5. The maximum Gasteiger partial charge on any atom is 0.305 e. The van der Waals surface area contributed by atoms with Crippen LogP contribution in [0, 0.1) is 0 Å². The number of aliphatic hydroxyl groups excluding tert-OH is 2. The van der Waals surface area contributed by atoms with Gasteiger partial charge in [0.25, 0.3) is 0 Å². The maximum absolute atomic E-state index is 12.5. The van der Waals surface area contributed by atoms with Gasteiger partial charge in [-0.3, -0.25) is 9.59 Å². The molecule has 0 aromatic heterocycles. The number of hydrogen-bond acceptors (Lipinski definition) is 5. The lowest BCUT2D eigenvalue weighted by Crippen LogP contribution is -2.45. The third-order valence-corrected chi connectivity index (χ3v) is 16.6. The van der Waals surface area contributed by atoms with Crippen molar-refractivity contribution in [3.63, 3.8) is 0 Å². The summed E-state index contributed by atoms with van der Waals surface area (Å²) in [4.78, 5) is 24.6. The highest BCUT2D eigenvalue weighted by atomic mass is 16.5. The fourth-order valence-electron chi connectivity index (χ4n) is 11.2. The zero-order chi connectivity index (χ0) is 55.0. The molecule has 0 heterocycles. The Morgan fingerprint density at radius 2 is 0.618 bits per heavy atom. The number of amides is 1. The van der Waals surface area contributed by atoms with Crippen LogP contribution < -0.4 is 5.32 Å². The molecule has 76 heavy (non-hydrogen) atoms. The number of carbonyl (C=O) groups is 2. The van der Waals surface area contributed by atoms with E-state index in [1.54, 1.807) is 0 Å². The molecule has 6 heteroatoms. The minimum absolute atomic E-state index is 0.0225. The lowest BCUT2D eigenvalue weighted by Gasteiger charge is -2.22. The van der Waals surface area contributed by atoms with Crippen LogP contribution >= 0.6 is 0 Å². The average molecular weight is 1070 g/mol. The van der Waals surface area contributed by atoms with Crippen LogP contribution in [0.5, 0.6) is 0 Å². The van der Waals surface area contributed by atoms with Gasteiger partial charge >= 0.3 is 5.97 Å². The first-order valence-corrected chi connectivity index (χ1v) is 34.9. The summed E-state index contributed by atoms with van der Waals surface area (Å²) >= 11 is 0. The van der Waals surface area contributed by atoms with Crippen molar-refractivity contribution in [3.05, 3.63) is 12.2 Å². The van der Waals surface area contributed by atoms with Gasteiger partial charge in [-0.25, -0.2) is 0 Å². The van der Waals surface area contributed by atoms with Crippen LogP contribution in [0.25, 0.3) is 0 Å². The van der Waals surface area contributed by atoms with Crippen LogP contribution in [0.3, 0.4) is 0 Å². The first kappa shape index (κ1) is 74.6. The van der Waals surface area contributed by atoms with Gasteiger partial charge in [0.15, 0.2) is 0 Å². The number of hydrogen-bond donors (Lipinski definition) is 3. The third kappa shape index (κ3) is 61.8. The Kier molecular flexibility index (Phi) is 64.9. The fraction of sp³-hybridized carbons (Fsp3) is 0.943. The number of ether oxygens (including phenoxy) is 1. The molecule has 452 valence electrons. The summed E-state index contributed by atoms with van der Waals surface area (Å²) in [7, 11) is 0. The number of nitrogens with one attached hydrogen (secondary N) is 1. The number of aliphatic hydroxyl groups is 2. The molecule has 0 rings (SSSR count). The number of rotatable bonds is 66. The van der Waals surface area contributed by atoms with Gasteiger partial charge in [0, 0.05) is 12.8 Å². The average Bonchev–Trinajstić information content (AvgIpc) is 3.42. The molecule has 0 spiro atoms. The van der Waals surface area contributed by atoms with Crippen molar-refractivity contribution in [1.29, 1.82) is 0 Å². The SMILES string of the molecule is CCCCCCCCCCCCCCCCCCCC(=O)OCCCCCCCCCCCCCC/C=C\CCCCCCCCCCCCCCCCCC(=O)NC(CO)C(O)CCCCCCCCCCCCC. The molecule has 0 radical (unpaired) electrons. The van der Waals surface area contributed by atoms with Gasteiger partial charge in [-0.2, -0.15) is 0 Å². The van der Waals surface area contributed by atoms with Crippen molar-refractivity contribution in [1.82, 2.24) is 5.32 Å². The Morgan fingerprint density at radius 3 is 0.934 bits per heavy atom. The molecule has 2 unspecified atom stereocenters. The van der Waals surface area contributed by atoms with E-state index in [0.29, 0.717) is 25.9 Å². The number of esters is 1. The second-order valence-corrected chi connectivity index (χ2v) is 24.2. The summed E-state index contributed by atoms with van der Waals surface area (Å²) < 4.78 is 5.51. The number of carbonyl (C=O) groups excluding carboxylic acids is 2. The largest absolute Gasteiger partial charge is 0.466 e. The molecule has 0 aromatic rings. The Bertz CT molecular complexity index is 1140. The molecular formula is C70H137NO5. The van der Waals surface area contributed by atoms with Gasteiger partial charge in [-0.05, 0) is 51.4 Å². The first-order valence-electron chi connectivity index (χ1n) is 34.9. The summed E-state index contributed by atoms with van der Waals surface area (Å²) in [5, 5.41) is 23.2. The second kappa shape index (κ2) is 66.1. The Morgan fingerprint density at radius 1 is 0.355 bits per heavy atom.